The minimum atomic E-state index is -0.357. The molecule has 1 atom stereocenters. The molecule has 40 heavy (non-hydrogen) atoms. The number of hydrogen-bond acceptors (Lipinski definition) is 2. The van der Waals surface area contributed by atoms with Crippen molar-refractivity contribution in [3.05, 3.63) is 161 Å². The van der Waals surface area contributed by atoms with E-state index < -0.39 is 0 Å². The predicted octanol–water partition coefficient (Wildman–Crippen LogP) is 9.45. The number of fused-ring (bicyclic) bond motifs is 8. The lowest BCUT2D eigenvalue weighted by molar-refractivity contribution is 0.432. The number of hydrogen-bond donors (Lipinski definition) is 0. The van der Waals surface area contributed by atoms with E-state index >= 15 is 0 Å². The molecule has 1 aliphatic heterocycles. The van der Waals surface area contributed by atoms with Gasteiger partial charge in [0, 0.05) is 11.1 Å². The third-order valence-corrected chi connectivity index (χ3v) is 8.72. The molecule has 2 aliphatic carbocycles. The molecular weight excluding hydrogens is 486 g/mol. The van der Waals surface area contributed by atoms with E-state index in [2.05, 4.69) is 109 Å². The van der Waals surface area contributed by atoms with Gasteiger partial charge in [-0.2, -0.15) is 5.26 Å². The first-order chi connectivity index (χ1) is 19.8. The summed E-state index contributed by atoms with van der Waals surface area (Å²) in [7, 11) is 0. The fourth-order valence-corrected chi connectivity index (χ4v) is 7.03. The smallest absolute Gasteiger partial charge is 0.132 e. The minimum absolute atomic E-state index is 0.357. The molecule has 0 saturated carbocycles. The van der Waals surface area contributed by atoms with E-state index in [9.17, 15) is 5.26 Å². The van der Waals surface area contributed by atoms with Crippen LogP contribution in [0.5, 0.6) is 11.5 Å². The average Bonchev–Trinajstić information content (AvgIpc) is 3.32. The van der Waals surface area contributed by atoms with Crippen LogP contribution in [-0.2, 0) is 5.41 Å². The Morgan fingerprint density at radius 1 is 0.625 bits per heavy atom. The summed E-state index contributed by atoms with van der Waals surface area (Å²) in [4.78, 5) is 0. The lowest BCUT2D eigenvalue weighted by Gasteiger charge is -2.41. The van der Waals surface area contributed by atoms with Crippen LogP contribution in [0.1, 0.15) is 40.7 Å². The summed E-state index contributed by atoms with van der Waals surface area (Å²) in [6.07, 6.45) is 6.71. The number of benzene rings is 5. The Kier molecular flexibility index (Phi) is 4.96. The molecule has 0 N–H and O–H groups in total. The topological polar surface area (TPSA) is 33.0 Å². The third kappa shape index (κ3) is 3.09. The van der Waals surface area contributed by atoms with Crippen molar-refractivity contribution in [2.45, 2.75) is 18.3 Å². The third-order valence-electron chi connectivity index (χ3n) is 8.72. The second-order valence-electron chi connectivity index (χ2n) is 10.7. The van der Waals surface area contributed by atoms with E-state index in [1.807, 2.05) is 24.3 Å². The SMILES string of the molecule is N#Cc1ccccc1-c1ccc(-c2ccc3c(c2)Oc2ccccc2C32C3=C(C=CCC3)c3ccccc32)cc1. The number of para-hydroxylation sites is 1. The molecule has 0 aromatic heterocycles. The maximum Gasteiger partial charge on any atom is 0.132 e. The Labute approximate surface area is 234 Å². The van der Waals surface area contributed by atoms with Gasteiger partial charge < -0.3 is 4.74 Å². The number of allylic oxidation sites excluding steroid dienone is 4. The van der Waals surface area contributed by atoms with Crippen LogP contribution in [0.3, 0.4) is 0 Å². The van der Waals surface area contributed by atoms with Gasteiger partial charge in [-0.05, 0) is 75.6 Å². The van der Waals surface area contributed by atoms with Crippen LogP contribution in [0, 0.1) is 11.3 Å². The van der Waals surface area contributed by atoms with E-state index in [4.69, 9.17) is 4.74 Å². The van der Waals surface area contributed by atoms with Gasteiger partial charge in [-0.3, -0.25) is 0 Å². The molecule has 5 aromatic carbocycles. The molecule has 188 valence electrons. The summed E-state index contributed by atoms with van der Waals surface area (Å²) in [6.45, 7) is 0. The van der Waals surface area contributed by atoms with Crippen molar-refractivity contribution in [1.29, 1.82) is 5.26 Å². The van der Waals surface area contributed by atoms with Crippen molar-refractivity contribution in [1.82, 2.24) is 0 Å². The minimum Gasteiger partial charge on any atom is -0.457 e. The predicted molar refractivity (Wildman–Crippen MR) is 160 cm³/mol. The Morgan fingerprint density at radius 3 is 2.15 bits per heavy atom. The Hall–Kier alpha value is -5.13. The Balaban J connectivity index is 1.30. The van der Waals surface area contributed by atoms with E-state index in [1.165, 1.54) is 33.4 Å². The number of ether oxygens (including phenoxy) is 1. The second-order valence-corrected chi connectivity index (χ2v) is 10.7. The molecule has 1 heterocycles. The van der Waals surface area contributed by atoms with E-state index in [0.717, 1.165) is 46.6 Å². The molecule has 0 bridgehead atoms. The molecule has 3 aliphatic rings. The van der Waals surface area contributed by atoms with Crippen LogP contribution >= 0.6 is 0 Å². The zero-order chi connectivity index (χ0) is 26.7. The maximum absolute atomic E-state index is 9.54. The van der Waals surface area contributed by atoms with Crippen LogP contribution in [0.25, 0.3) is 27.8 Å². The molecule has 1 unspecified atom stereocenters. The highest BCUT2D eigenvalue weighted by Gasteiger charge is 2.51. The van der Waals surface area contributed by atoms with Crippen LogP contribution in [0.15, 0.2) is 133 Å². The fraction of sp³-hybridized carbons (Fsp3) is 0.0789. The standard InChI is InChI=1S/C38H25NO/c39-24-28-9-1-2-10-29(28)26-19-17-25(18-20-26)27-21-22-35-37(23-27)40-36-16-8-7-15-34(36)38(35)32-13-5-3-11-30(32)31-12-4-6-14-33(31)38/h1-5,7-13,15-23H,6,14H2. The molecule has 2 nitrogen and oxygen atoms in total. The monoisotopic (exact) mass is 511 g/mol. The number of rotatable bonds is 2. The van der Waals surface area contributed by atoms with Crippen molar-refractivity contribution < 1.29 is 4.74 Å². The quantitative estimate of drug-likeness (QED) is 0.236. The lowest BCUT2D eigenvalue weighted by atomic mass is 9.64. The summed E-state index contributed by atoms with van der Waals surface area (Å²) in [5, 5.41) is 9.54. The van der Waals surface area contributed by atoms with Gasteiger partial charge in [0.1, 0.15) is 11.5 Å². The lowest BCUT2D eigenvalue weighted by Crippen LogP contribution is -2.33. The van der Waals surface area contributed by atoms with Gasteiger partial charge in [-0.1, -0.05) is 109 Å². The molecule has 0 radical (unpaired) electrons. The molecule has 8 rings (SSSR count). The summed E-state index contributed by atoms with van der Waals surface area (Å²) in [5.41, 5.74) is 12.5. The van der Waals surface area contributed by atoms with Crippen molar-refractivity contribution in [3.63, 3.8) is 0 Å². The maximum atomic E-state index is 9.54. The second kappa shape index (κ2) is 8.70. The van der Waals surface area contributed by atoms with Crippen LogP contribution < -0.4 is 4.74 Å². The van der Waals surface area contributed by atoms with Gasteiger partial charge in [-0.15, -0.1) is 0 Å². The molecule has 1 spiro atoms. The molecular formula is C38H25NO. The van der Waals surface area contributed by atoms with Crippen molar-refractivity contribution in [3.8, 4) is 39.8 Å². The summed E-state index contributed by atoms with van der Waals surface area (Å²) in [6, 6.07) is 42.7. The van der Waals surface area contributed by atoms with Crippen molar-refractivity contribution in [2.24, 2.45) is 0 Å². The molecule has 0 amide bonds. The zero-order valence-corrected chi connectivity index (χ0v) is 21.9. The first-order valence-electron chi connectivity index (χ1n) is 13.8. The van der Waals surface area contributed by atoms with Gasteiger partial charge in [0.25, 0.3) is 0 Å². The number of nitriles is 1. The summed E-state index contributed by atoms with van der Waals surface area (Å²) < 4.78 is 6.67. The van der Waals surface area contributed by atoms with E-state index in [0.29, 0.717) is 5.56 Å². The van der Waals surface area contributed by atoms with Gasteiger partial charge in [0.05, 0.1) is 17.0 Å². The highest BCUT2D eigenvalue weighted by atomic mass is 16.5. The van der Waals surface area contributed by atoms with Gasteiger partial charge in [0.15, 0.2) is 0 Å². The highest BCUT2D eigenvalue weighted by Crippen LogP contribution is 2.63. The van der Waals surface area contributed by atoms with Gasteiger partial charge in [-0.25, -0.2) is 0 Å². The van der Waals surface area contributed by atoms with Gasteiger partial charge in [0.2, 0.25) is 0 Å². The van der Waals surface area contributed by atoms with Crippen LogP contribution in [0.4, 0.5) is 0 Å². The first-order valence-corrected chi connectivity index (χ1v) is 13.8. The normalized spacial score (nSPS) is 17.9. The molecule has 0 fully saturated rings. The Morgan fingerprint density at radius 2 is 1.30 bits per heavy atom. The van der Waals surface area contributed by atoms with Crippen LogP contribution in [0.2, 0.25) is 0 Å². The van der Waals surface area contributed by atoms with E-state index in [-0.39, 0.29) is 5.41 Å². The fourth-order valence-electron chi connectivity index (χ4n) is 7.03. The van der Waals surface area contributed by atoms with E-state index in [1.54, 1.807) is 0 Å². The zero-order valence-electron chi connectivity index (χ0n) is 21.9. The largest absolute Gasteiger partial charge is 0.457 e. The summed E-state index contributed by atoms with van der Waals surface area (Å²) in [5.74, 6) is 1.84. The first kappa shape index (κ1) is 22.8. The Bertz CT molecular complexity index is 1940. The molecule has 0 saturated heterocycles. The van der Waals surface area contributed by atoms with Gasteiger partial charge >= 0.3 is 0 Å². The number of nitrogens with zero attached hydrogens (tertiary/aromatic N) is 1. The molecule has 5 aromatic rings. The van der Waals surface area contributed by atoms with Crippen LogP contribution in [-0.4, -0.2) is 0 Å². The average molecular weight is 512 g/mol. The highest BCUT2D eigenvalue weighted by molar-refractivity contribution is 5.92. The van der Waals surface area contributed by atoms with Crippen molar-refractivity contribution in [2.75, 3.05) is 0 Å². The summed E-state index contributed by atoms with van der Waals surface area (Å²) >= 11 is 0. The van der Waals surface area contributed by atoms with Crippen molar-refractivity contribution >= 4 is 5.57 Å². The molecule has 2 heteroatoms.